The van der Waals surface area contributed by atoms with E-state index in [9.17, 15) is 4.79 Å². The van der Waals surface area contributed by atoms with E-state index in [0.717, 1.165) is 30.6 Å². The summed E-state index contributed by atoms with van der Waals surface area (Å²) >= 11 is 0. The maximum Gasteiger partial charge on any atom is 0.161 e. The summed E-state index contributed by atoms with van der Waals surface area (Å²) in [6.45, 7) is 5.27. The fourth-order valence-electron chi connectivity index (χ4n) is 1.87. The minimum atomic E-state index is 0.0695. The van der Waals surface area contributed by atoms with Gasteiger partial charge in [0.15, 0.2) is 5.78 Å². The molecule has 0 amide bonds. The molecule has 1 rings (SSSR count). The lowest BCUT2D eigenvalue weighted by Crippen LogP contribution is -2.29. The standard InChI is InChI=1S/C14H21NO2/c1-3-4-9-15(10-11-16)14-8-6-5-7-13(14)12(2)17/h5-8,16H,3-4,9-11H2,1-2H3. The predicted octanol–water partition coefficient (Wildman–Crippen LogP) is 2.49. The first-order valence-corrected chi connectivity index (χ1v) is 6.16. The van der Waals surface area contributed by atoms with Crippen molar-refractivity contribution < 1.29 is 9.90 Å². The third-order valence-electron chi connectivity index (χ3n) is 2.78. The van der Waals surface area contributed by atoms with E-state index < -0.39 is 0 Å². The molecule has 0 heterocycles. The zero-order chi connectivity index (χ0) is 12.7. The topological polar surface area (TPSA) is 40.5 Å². The van der Waals surface area contributed by atoms with E-state index >= 15 is 0 Å². The number of carbonyl (C=O) groups excluding carboxylic acids is 1. The molecule has 0 unspecified atom stereocenters. The fourth-order valence-corrected chi connectivity index (χ4v) is 1.87. The minimum Gasteiger partial charge on any atom is -0.395 e. The molecule has 0 fully saturated rings. The maximum absolute atomic E-state index is 11.6. The Labute approximate surface area is 103 Å². The van der Waals surface area contributed by atoms with Gasteiger partial charge >= 0.3 is 0 Å². The average Bonchev–Trinajstić information content (AvgIpc) is 2.34. The van der Waals surface area contributed by atoms with Gasteiger partial charge in [-0.25, -0.2) is 0 Å². The predicted molar refractivity (Wildman–Crippen MR) is 70.7 cm³/mol. The molecule has 1 N–H and O–H groups in total. The summed E-state index contributed by atoms with van der Waals surface area (Å²) in [4.78, 5) is 13.6. The van der Waals surface area contributed by atoms with Crippen LogP contribution in [0.2, 0.25) is 0 Å². The quantitative estimate of drug-likeness (QED) is 0.738. The molecule has 0 saturated heterocycles. The number of ketones is 1. The lowest BCUT2D eigenvalue weighted by atomic mass is 10.1. The van der Waals surface area contributed by atoms with Gasteiger partial charge in [-0.3, -0.25) is 4.79 Å². The van der Waals surface area contributed by atoms with Gasteiger partial charge in [0, 0.05) is 24.3 Å². The lowest BCUT2D eigenvalue weighted by molar-refractivity contribution is 0.101. The summed E-state index contributed by atoms with van der Waals surface area (Å²) in [6, 6.07) is 7.59. The van der Waals surface area contributed by atoms with E-state index in [1.54, 1.807) is 6.92 Å². The number of unbranched alkanes of at least 4 members (excludes halogenated alkanes) is 1. The van der Waals surface area contributed by atoms with Crippen molar-refractivity contribution in [1.29, 1.82) is 0 Å². The van der Waals surface area contributed by atoms with Crippen molar-refractivity contribution in [2.75, 3.05) is 24.6 Å². The lowest BCUT2D eigenvalue weighted by Gasteiger charge is -2.25. The van der Waals surface area contributed by atoms with E-state index in [2.05, 4.69) is 11.8 Å². The number of hydrogen-bond donors (Lipinski definition) is 1. The number of aliphatic hydroxyl groups is 1. The normalized spacial score (nSPS) is 10.3. The molecule has 0 aliphatic heterocycles. The third kappa shape index (κ3) is 3.86. The Balaban J connectivity index is 2.95. The highest BCUT2D eigenvalue weighted by atomic mass is 16.3. The molecular weight excluding hydrogens is 214 g/mol. The Morgan fingerprint density at radius 1 is 1.29 bits per heavy atom. The highest BCUT2D eigenvalue weighted by Crippen LogP contribution is 2.21. The molecule has 3 heteroatoms. The Morgan fingerprint density at radius 3 is 2.59 bits per heavy atom. The highest BCUT2D eigenvalue weighted by molar-refractivity contribution is 5.99. The molecule has 0 atom stereocenters. The van der Waals surface area contributed by atoms with Crippen molar-refractivity contribution in [2.24, 2.45) is 0 Å². The summed E-state index contributed by atoms with van der Waals surface area (Å²) in [5.74, 6) is 0.0695. The molecule has 3 nitrogen and oxygen atoms in total. The van der Waals surface area contributed by atoms with Crippen LogP contribution in [0.4, 0.5) is 5.69 Å². The Kier molecular flexibility index (Phi) is 5.70. The summed E-state index contributed by atoms with van der Waals surface area (Å²) in [5.41, 5.74) is 1.67. The molecule has 0 radical (unpaired) electrons. The van der Waals surface area contributed by atoms with Crippen LogP contribution in [-0.4, -0.2) is 30.6 Å². The summed E-state index contributed by atoms with van der Waals surface area (Å²) < 4.78 is 0. The second-order valence-electron chi connectivity index (χ2n) is 4.14. The molecule has 0 aromatic heterocycles. The van der Waals surface area contributed by atoms with E-state index in [1.165, 1.54) is 0 Å². The molecular formula is C14H21NO2. The van der Waals surface area contributed by atoms with Crippen LogP contribution in [0.5, 0.6) is 0 Å². The number of rotatable bonds is 7. The average molecular weight is 235 g/mol. The first-order valence-electron chi connectivity index (χ1n) is 6.16. The number of benzene rings is 1. The second kappa shape index (κ2) is 7.07. The van der Waals surface area contributed by atoms with Crippen molar-refractivity contribution in [3.8, 4) is 0 Å². The van der Waals surface area contributed by atoms with Crippen LogP contribution in [-0.2, 0) is 0 Å². The Hall–Kier alpha value is -1.35. The molecule has 0 aliphatic carbocycles. The molecule has 0 saturated carbocycles. The molecule has 1 aromatic carbocycles. The maximum atomic E-state index is 11.6. The van der Waals surface area contributed by atoms with Gasteiger partial charge in [-0.1, -0.05) is 25.5 Å². The van der Waals surface area contributed by atoms with Crippen molar-refractivity contribution in [1.82, 2.24) is 0 Å². The number of hydrogen-bond acceptors (Lipinski definition) is 3. The molecule has 0 bridgehead atoms. The number of nitrogens with zero attached hydrogens (tertiary/aromatic N) is 1. The van der Waals surface area contributed by atoms with E-state index in [4.69, 9.17) is 5.11 Å². The van der Waals surface area contributed by atoms with Gasteiger partial charge < -0.3 is 10.0 Å². The van der Waals surface area contributed by atoms with Crippen LogP contribution in [0.1, 0.15) is 37.0 Å². The molecule has 1 aromatic rings. The molecule has 0 aliphatic rings. The van der Waals surface area contributed by atoms with Crippen molar-refractivity contribution >= 4 is 11.5 Å². The van der Waals surface area contributed by atoms with E-state index in [-0.39, 0.29) is 12.4 Å². The zero-order valence-corrected chi connectivity index (χ0v) is 10.6. The van der Waals surface area contributed by atoms with Gasteiger partial charge in [0.2, 0.25) is 0 Å². The summed E-state index contributed by atoms with van der Waals surface area (Å²) in [5, 5.41) is 9.10. The smallest absolute Gasteiger partial charge is 0.161 e. The van der Waals surface area contributed by atoms with Gasteiger partial charge in [0.05, 0.1) is 6.61 Å². The molecule has 94 valence electrons. The first-order chi connectivity index (χ1) is 8.20. The minimum absolute atomic E-state index is 0.0695. The molecule has 17 heavy (non-hydrogen) atoms. The third-order valence-corrected chi connectivity index (χ3v) is 2.78. The van der Waals surface area contributed by atoms with Crippen LogP contribution in [0.25, 0.3) is 0 Å². The highest BCUT2D eigenvalue weighted by Gasteiger charge is 2.12. The Morgan fingerprint density at radius 2 is 2.00 bits per heavy atom. The monoisotopic (exact) mass is 235 g/mol. The van der Waals surface area contributed by atoms with Crippen LogP contribution in [0, 0.1) is 0 Å². The second-order valence-corrected chi connectivity index (χ2v) is 4.14. The van der Waals surface area contributed by atoms with E-state index in [1.807, 2.05) is 24.3 Å². The van der Waals surface area contributed by atoms with Crippen molar-refractivity contribution in [3.05, 3.63) is 29.8 Å². The zero-order valence-electron chi connectivity index (χ0n) is 10.6. The fraction of sp³-hybridized carbons (Fsp3) is 0.500. The summed E-state index contributed by atoms with van der Waals surface area (Å²) in [6.07, 6.45) is 2.16. The SMILES string of the molecule is CCCCN(CCO)c1ccccc1C(C)=O. The van der Waals surface area contributed by atoms with Gasteiger partial charge in [-0.15, -0.1) is 0 Å². The first kappa shape index (κ1) is 13.7. The van der Waals surface area contributed by atoms with Crippen LogP contribution < -0.4 is 4.90 Å². The largest absolute Gasteiger partial charge is 0.395 e. The Bertz CT molecular complexity index is 363. The number of anilines is 1. The number of para-hydroxylation sites is 1. The van der Waals surface area contributed by atoms with Gasteiger partial charge in [0.25, 0.3) is 0 Å². The van der Waals surface area contributed by atoms with Crippen LogP contribution in [0.3, 0.4) is 0 Å². The van der Waals surface area contributed by atoms with Gasteiger partial charge in [0.1, 0.15) is 0 Å². The number of aliphatic hydroxyl groups excluding tert-OH is 1. The van der Waals surface area contributed by atoms with Crippen LogP contribution >= 0.6 is 0 Å². The van der Waals surface area contributed by atoms with Gasteiger partial charge in [-0.2, -0.15) is 0 Å². The number of carbonyl (C=O) groups is 1. The van der Waals surface area contributed by atoms with Crippen molar-refractivity contribution in [2.45, 2.75) is 26.7 Å². The van der Waals surface area contributed by atoms with Gasteiger partial charge in [-0.05, 0) is 25.5 Å². The van der Waals surface area contributed by atoms with Crippen molar-refractivity contribution in [3.63, 3.8) is 0 Å². The summed E-state index contributed by atoms with van der Waals surface area (Å²) in [7, 11) is 0. The van der Waals surface area contributed by atoms with E-state index in [0.29, 0.717) is 6.54 Å². The number of Topliss-reactive ketones (excluding diaryl/α,β-unsaturated/α-hetero) is 1. The molecule has 0 spiro atoms. The van der Waals surface area contributed by atoms with Crippen LogP contribution in [0.15, 0.2) is 24.3 Å².